The topological polar surface area (TPSA) is 89.7 Å². The second-order valence-corrected chi connectivity index (χ2v) is 5.99. The van der Waals surface area contributed by atoms with Crippen molar-refractivity contribution >= 4 is 11.5 Å². The van der Waals surface area contributed by atoms with Crippen LogP contribution in [0.3, 0.4) is 0 Å². The zero-order chi connectivity index (χ0) is 19.4. The lowest BCUT2D eigenvalue weighted by molar-refractivity contribution is -0.385. The number of nitro groups is 1. The SMILES string of the molecule is C[C@H](O)c1cccc(Oc2ccc(C(=O)c3ccccc3)cc2[N+](=O)[O-])c1. The fraction of sp³-hybridized carbons (Fsp3) is 0.0952. The molecular formula is C21H17NO5. The second kappa shape index (κ2) is 7.80. The highest BCUT2D eigenvalue weighted by atomic mass is 16.6. The minimum Gasteiger partial charge on any atom is -0.450 e. The lowest BCUT2D eigenvalue weighted by Gasteiger charge is -2.10. The van der Waals surface area contributed by atoms with Gasteiger partial charge in [-0.1, -0.05) is 42.5 Å². The molecular weight excluding hydrogens is 346 g/mol. The van der Waals surface area contributed by atoms with Gasteiger partial charge in [-0.25, -0.2) is 0 Å². The molecule has 0 amide bonds. The summed E-state index contributed by atoms with van der Waals surface area (Å²) in [6.07, 6.45) is -0.686. The summed E-state index contributed by atoms with van der Waals surface area (Å²) in [7, 11) is 0. The summed E-state index contributed by atoms with van der Waals surface area (Å²) in [6, 6.07) is 19.3. The van der Waals surface area contributed by atoms with E-state index in [-0.39, 0.29) is 22.8 Å². The quantitative estimate of drug-likeness (QED) is 0.390. The van der Waals surface area contributed by atoms with Crippen molar-refractivity contribution in [3.8, 4) is 11.5 Å². The maximum atomic E-state index is 12.5. The van der Waals surface area contributed by atoms with Crippen molar-refractivity contribution in [2.45, 2.75) is 13.0 Å². The molecule has 0 heterocycles. The molecule has 0 aromatic heterocycles. The summed E-state index contributed by atoms with van der Waals surface area (Å²) < 4.78 is 5.64. The van der Waals surface area contributed by atoms with E-state index in [1.807, 2.05) is 0 Å². The predicted molar refractivity (Wildman–Crippen MR) is 100 cm³/mol. The summed E-state index contributed by atoms with van der Waals surface area (Å²) in [5.74, 6) is 0.0762. The molecule has 1 atom stereocenters. The Morgan fingerprint density at radius 3 is 2.41 bits per heavy atom. The average molecular weight is 363 g/mol. The van der Waals surface area contributed by atoms with Crippen LogP contribution < -0.4 is 4.74 Å². The first-order valence-electron chi connectivity index (χ1n) is 8.30. The van der Waals surface area contributed by atoms with Gasteiger partial charge in [0.15, 0.2) is 5.78 Å². The summed E-state index contributed by atoms with van der Waals surface area (Å²) in [5.41, 5.74) is 0.980. The molecule has 3 aromatic carbocycles. The Balaban J connectivity index is 1.94. The third-order valence-electron chi connectivity index (χ3n) is 4.02. The molecule has 0 unspecified atom stereocenters. The average Bonchev–Trinajstić information content (AvgIpc) is 2.68. The van der Waals surface area contributed by atoms with Gasteiger partial charge in [0, 0.05) is 17.2 Å². The number of hydrogen-bond acceptors (Lipinski definition) is 5. The molecule has 0 spiro atoms. The number of ketones is 1. The zero-order valence-electron chi connectivity index (χ0n) is 14.5. The van der Waals surface area contributed by atoms with E-state index < -0.39 is 11.0 Å². The van der Waals surface area contributed by atoms with Crippen molar-refractivity contribution in [1.82, 2.24) is 0 Å². The third-order valence-corrected chi connectivity index (χ3v) is 4.02. The van der Waals surface area contributed by atoms with Crippen molar-refractivity contribution < 1.29 is 19.6 Å². The molecule has 0 aliphatic carbocycles. The third kappa shape index (κ3) is 4.19. The Labute approximate surface area is 155 Å². The van der Waals surface area contributed by atoms with Gasteiger partial charge < -0.3 is 9.84 Å². The number of aliphatic hydroxyl groups is 1. The van der Waals surface area contributed by atoms with Crippen LogP contribution in [0, 0.1) is 10.1 Å². The number of benzene rings is 3. The Bertz CT molecular complexity index is 983. The minimum atomic E-state index is -0.686. The molecule has 0 saturated heterocycles. The Morgan fingerprint density at radius 2 is 1.74 bits per heavy atom. The molecule has 27 heavy (non-hydrogen) atoms. The maximum Gasteiger partial charge on any atom is 0.312 e. The molecule has 0 aliphatic rings. The van der Waals surface area contributed by atoms with Crippen LogP contribution in [-0.4, -0.2) is 15.8 Å². The van der Waals surface area contributed by atoms with E-state index in [9.17, 15) is 20.0 Å². The highest BCUT2D eigenvalue weighted by Gasteiger charge is 2.20. The van der Waals surface area contributed by atoms with Gasteiger partial charge in [-0.3, -0.25) is 14.9 Å². The van der Waals surface area contributed by atoms with Gasteiger partial charge in [0.25, 0.3) is 0 Å². The Hall–Kier alpha value is -3.51. The van der Waals surface area contributed by atoms with Crippen molar-refractivity contribution in [3.63, 3.8) is 0 Å². The molecule has 0 saturated carbocycles. The van der Waals surface area contributed by atoms with Crippen molar-refractivity contribution in [2.75, 3.05) is 0 Å². The fourth-order valence-corrected chi connectivity index (χ4v) is 2.61. The molecule has 6 heteroatoms. The number of hydrogen-bond donors (Lipinski definition) is 1. The van der Waals surface area contributed by atoms with E-state index in [2.05, 4.69) is 0 Å². The number of nitro benzene ring substituents is 1. The van der Waals surface area contributed by atoms with Crippen LogP contribution in [0.2, 0.25) is 0 Å². The first-order chi connectivity index (χ1) is 13.0. The van der Waals surface area contributed by atoms with Gasteiger partial charge in [0.05, 0.1) is 11.0 Å². The largest absolute Gasteiger partial charge is 0.450 e. The van der Waals surface area contributed by atoms with E-state index in [4.69, 9.17) is 4.74 Å². The monoisotopic (exact) mass is 363 g/mol. The lowest BCUT2D eigenvalue weighted by Crippen LogP contribution is -2.03. The van der Waals surface area contributed by atoms with Crippen LogP contribution in [0.4, 0.5) is 5.69 Å². The van der Waals surface area contributed by atoms with E-state index in [0.29, 0.717) is 16.9 Å². The summed E-state index contributed by atoms with van der Waals surface area (Å²) in [5, 5.41) is 21.1. The molecule has 1 N–H and O–H groups in total. The van der Waals surface area contributed by atoms with Gasteiger partial charge in [0.1, 0.15) is 5.75 Å². The van der Waals surface area contributed by atoms with Crippen LogP contribution >= 0.6 is 0 Å². The van der Waals surface area contributed by atoms with Gasteiger partial charge >= 0.3 is 5.69 Å². The predicted octanol–water partition coefficient (Wildman–Crippen LogP) is 4.67. The number of aliphatic hydroxyl groups excluding tert-OH is 1. The van der Waals surface area contributed by atoms with Crippen LogP contribution in [0.15, 0.2) is 72.8 Å². The maximum absolute atomic E-state index is 12.5. The number of nitrogens with zero attached hydrogens (tertiary/aromatic N) is 1. The Kier molecular flexibility index (Phi) is 5.28. The van der Waals surface area contributed by atoms with E-state index in [1.54, 1.807) is 61.5 Å². The van der Waals surface area contributed by atoms with Crippen molar-refractivity contribution in [3.05, 3.63) is 99.6 Å². The summed E-state index contributed by atoms with van der Waals surface area (Å²) in [6.45, 7) is 1.62. The lowest BCUT2D eigenvalue weighted by atomic mass is 10.0. The van der Waals surface area contributed by atoms with Gasteiger partial charge in [0.2, 0.25) is 5.75 Å². The molecule has 0 fully saturated rings. The van der Waals surface area contributed by atoms with Crippen LogP contribution in [-0.2, 0) is 0 Å². The van der Waals surface area contributed by atoms with Crippen LogP contribution in [0.25, 0.3) is 0 Å². The molecule has 6 nitrogen and oxygen atoms in total. The van der Waals surface area contributed by atoms with Gasteiger partial charge in [-0.2, -0.15) is 0 Å². The van der Waals surface area contributed by atoms with E-state index in [0.717, 1.165) is 0 Å². The normalized spacial score (nSPS) is 11.6. The smallest absolute Gasteiger partial charge is 0.312 e. The second-order valence-electron chi connectivity index (χ2n) is 5.99. The molecule has 3 aromatic rings. The minimum absolute atomic E-state index is 0.0207. The van der Waals surface area contributed by atoms with E-state index >= 15 is 0 Å². The highest BCUT2D eigenvalue weighted by Crippen LogP contribution is 2.33. The molecule has 3 rings (SSSR count). The first-order valence-corrected chi connectivity index (χ1v) is 8.30. The Morgan fingerprint density at radius 1 is 1.00 bits per heavy atom. The fourth-order valence-electron chi connectivity index (χ4n) is 2.61. The van der Waals surface area contributed by atoms with E-state index in [1.165, 1.54) is 18.2 Å². The molecule has 0 aliphatic heterocycles. The highest BCUT2D eigenvalue weighted by molar-refractivity contribution is 6.09. The standard InChI is InChI=1S/C21H17NO5/c1-14(23)16-8-5-9-18(12-16)27-20-11-10-17(13-19(20)22(25)26)21(24)15-6-3-2-4-7-15/h2-14,23H,1H3/t14-/m0/s1. The molecule has 0 bridgehead atoms. The molecule has 136 valence electrons. The van der Waals surface area contributed by atoms with Crippen molar-refractivity contribution in [2.24, 2.45) is 0 Å². The number of carbonyl (C=O) groups is 1. The zero-order valence-corrected chi connectivity index (χ0v) is 14.5. The number of ether oxygens (including phenoxy) is 1. The summed E-state index contributed by atoms with van der Waals surface area (Å²) >= 11 is 0. The van der Waals surface area contributed by atoms with Gasteiger partial charge in [-0.15, -0.1) is 0 Å². The summed E-state index contributed by atoms with van der Waals surface area (Å²) in [4.78, 5) is 23.4. The molecule has 0 radical (unpaired) electrons. The van der Waals surface area contributed by atoms with Crippen LogP contribution in [0.1, 0.15) is 34.5 Å². The number of carbonyl (C=O) groups excluding carboxylic acids is 1. The van der Waals surface area contributed by atoms with Crippen molar-refractivity contribution in [1.29, 1.82) is 0 Å². The van der Waals surface area contributed by atoms with Crippen LogP contribution in [0.5, 0.6) is 11.5 Å². The number of rotatable bonds is 6. The first kappa shape index (κ1) is 18.3. The van der Waals surface area contributed by atoms with Gasteiger partial charge in [-0.05, 0) is 36.8 Å².